The highest BCUT2D eigenvalue weighted by Crippen LogP contribution is 2.28. The molecule has 3 aromatic rings. The Hall–Kier alpha value is -2.21. The van der Waals surface area contributed by atoms with Gasteiger partial charge in [0.15, 0.2) is 9.47 Å². The molecule has 1 fully saturated rings. The van der Waals surface area contributed by atoms with Gasteiger partial charge in [-0.05, 0) is 37.1 Å². The van der Waals surface area contributed by atoms with Gasteiger partial charge in [0.1, 0.15) is 5.75 Å². The van der Waals surface area contributed by atoms with Gasteiger partial charge in [-0.25, -0.2) is 4.98 Å². The number of amides is 1. The van der Waals surface area contributed by atoms with Gasteiger partial charge in [-0.3, -0.25) is 4.79 Å². The van der Waals surface area contributed by atoms with Gasteiger partial charge in [0.05, 0.1) is 24.7 Å². The van der Waals surface area contributed by atoms with Crippen LogP contribution >= 0.6 is 34.4 Å². The van der Waals surface area contributed by atoms with E-state index in [9.17, 15) is 4.79 Å². The number of hydrogen-bond acceptors (Lipinski definition) is 10. The number of thioether (sulfide) groups is 1. The summed E-state index contributed by atoms with van der Waals surface area (Å²) < 4.78 is 11.5. The number of nitrogens with one attached hydrogen (secondary N) is 2. The topological polar surface area (TPSA) is 98.3 Å². The van der Waals surface area contributed by atoms with E-state index < -0.39 is 0 Å². The minimum Gasteiger partial charge on any atom is -0.497 e. The Kier molecular flexibility index (Phi) is 7.16. The summed E-state index contributed by atoms with van der Waals surface area (Å²) in [6, 6.07) is 7.65. The van der Waals surface area contributed by atoms with Crippen LogP contribution in [0.15, 0.2) is 34.0 Å². The molecule has 0 radical (unpaired) electrons. The van der Waals surface area contributed by atoms with Crippen molar-refractivity contribution >= 4 is 50.6 Å². The average Bonchev–Trinajstić information content (AvgIpc) is 3.53. The van der Waals surface area contributed by atoms with E-state index in [1.165, 1.54) is 34.4 Å². The molecule has 8 nitrogen and oxygen atoms in total. The molecule has 1 atom stereocenters. The van der Waals surface area contributed by atoms with Crippen molar-refractivity contribution in [2.45, 2.75) is 23.3 Å². The zero-order chi connectivity index (χ0) is 20.8. The Balaban J connectivity index is 1.23. The zero-order valence-corrected chi connectivity index (χ0v) is 18.7. The Morgan fingerprint density at radius 2 is 2.17 bits per heavy atom. The quantitative estimate of drug-likeness (QED) is 0.460. The van der Waals surface area contributed by atoms with E-state index in [0.717, 1.165) is 52.5 Å². The van der Waals surface area contributed by atoms with E-state index in [4.69, 9.17) is 9.47 Å². The lowest BCUT2D eigenvalue weighted by Crippen LogP contribution is -2.18. The van der Waals surface area contributed by atoms with Gasteiger partial charge in [-0.2, -0.15) is 0 Å². The number of carbonyl (C=O) groups excluding carboxylic acids is 1. The lowest BCUT2D eigenvalue weighted by atomic mass is 10.2. The molecule has 0 saturated carbocycles. The number of benzene rings is 1. The summed E-state index contributed by atoms with van der Waals surface area (Å²) in [4.78, 5) is 16.8. The molecular formula is C19H21N5O3S3. The predicted octanol–water partition coefficient (Wildman–Crippen LogP) is 3.99. The SMILES string of the molecule is COc1ccc(-c2csc(NC(=O)CSc3nnc(NCC4CCCO4)s3)n2)cc1. The molecule has 1 amide bonds. The molecule has 1 aromatic carbocycles. The van der Waals surface area contributed by atoms with Crippen LogP contribution in [0.25, 0.3) is 11.3 Å². The monoisotopic (exact) mass is 463 g/mol. The van der Waals surface area contributed by atoms with Crippen LogP contribution in [0.1, 0.15) is 12.8 Å². The Morgan fingerprint density at radius 1 is 1.30 bits per heavy atom. The first-order valence-corrected chi connectivity index (χ1v) is 12.1. The standard InChI is InChI=1S/C19H21N5O3S3/c1-26-13-6-4-12(5-7-13)15-10-28-18(21-15)22-16(25)11-29-19-24-23-17(30-19)20-9-14-3-2-8-27-14/h4-7,10,14H,2-3,8-9,11H2,1H3,(H,20,23)(H,21,22,25). The van der Waals surface area contributed by atoms with Crippen LogP contribution in [0, 0.1) is 0 Å². The van der Waals surface area contributed by atoms with Gasteiger partial charge in [-0.1, -0.05) is 23.1 Å². The summed E-state index contributed by atoms with van der Waals surface area (Å²) in [5, 5.41) is 17.6. The molecule has 158 valence electrons. The maximum atomic E-state index is 12.3. The first-order valence-electron chi connectivity index (χ1n) is 9.41. The second-order valence-electron chi connectivity index (χ2n) is 6.49. The Labute approximate surface area is 186 Å². The number of nitrogens with zero attached hydrogens (tertiary/aromatic N) is 3. The van der Waals surface area contributed by atoms with Gasteiger partial charge < -0.3 is 20.1 Å². The molecular weight excluding hydrogens is 442 g/mol. The highest BCUT2D eigenvalue weighted by molar-refractivity contribution is 8.01. The van der Waals surface area contributed by atoms with Crippen molar-refractivity contribution in [3.63, 3.8) is 0 Å². The normalized spacial score (nSPS) is 15.8. The number of carbonyl (C=O) groups is 1. The highest BCUT2D eigenvalue weighted by atomic mass is 32.2. The molecule has 3 heterocycles. The van der Waals surface area contributed by atoms with E-state index in [1.54, 1.807) is 7.11 Å². The van der Waals surface area contributed by atoms with Crippen LogP contribution < -0.4 is 15.4 Å². The van der Waals surface area contributed by atoms with E-state index in [1.807, 2.05) is 29.6 Å². The van der Waals surface area contributed by atoms with E-state index in [-0.39, 0.29) is 17.8 Å². The fraction of sp³-hybridized carbons (Fsp3) is 0.368. The van der Waals surface area contributed by atoms with Gasteiger partial charge in [0, 0.05) is 24.1 Å². The number of thiazole rings is 1. The summed E-state index contributed by atoms with van der Waals surface area (Å²) in [5.41, 5.74) is 1.79. The molecule has 30 heavy (non-hydrogen) atoms. The summed E-state index contributed by atoms with van der Waals surface area (Å²) >= 11 is 4.19. The summed E-state index contributed by atoms with van der Waals surface area (Å²) in [6.07, 6.45) is 2.43. The molecule has 1 unspecified atom stereocenters. The average molecular weight is 464 g/mol. The first kappa shape index (κ1) is 21.0. The lowest BCUT2D eigenvalue weighted by Gasteiger charge is -2.08. The first-order chi connectivity index (χ1) is 14.7. The summed E-state index contributed by atoms with van der Waals surface area (Å²) in [6.45, 7) is 1.57. The molecule has 4 rings (SSSR count). The van der Waals surface area contributed by atoms with Crippen LogP contribution in [0.2, 0.25) is 0 Å². The van der Waals surface area contributed by atoms with Crippen molar-refractivity contribution in [1.82, 2.24) is 15.2 Å². The van der Waals surface area contributed by atoms with Crippen LogP contribution in [0.4, 0.5) is 10.3 Å². The number of aromatic nitrogens is 3. The van der Waals surface area contributed by atoms with Crippen molar-refractivity contribution in [2.24, 2.45) is 0 Å². The number of hydrogen-bond donors (Lipinski definition) is 2. The van der Waals surface area contributed by atoms with E-state index >= 15 is 0 Å². The van der Waals surface area contributed by atoms with Crippen molar-refractivity contribution in [2.75, 3.05) is 36.6 Å². The third-order valence-corrected chi connectivity index (χ3v) is 7.15. The van der Waals surface area contributed by atoms with Crippen molar-refractivity contribution in [3.8, 4) is 17.0 Å². The smallest absolute Gasteiger partial charge is 0.236 e. The Morgan fingerprint density at radius 3 is 2.93 bits per heavy atom. The lowest BCUT2D eigenvalue weighted by molar-refractivity contribution is -0.113. The van der Waals surface area contributed by atoms with Crippen LogP contribution in [-0.2, 0) is 9.53 Å². The summed E-state index contributed by atoms with van der Waals surface area (Å²) in [5.74, 6) is 0.916. The second-order valence-corrected chi connectivity index (χ2v) is 9.55. The largest absolute Gasteiger partial charge is 0.497 e. The van der Waals surface area contributed by atoms with E-state index in [0.29, 0.717) is 5.13 Å². The molecule has 11 heteroatoms. The minimum absolute atomic E-state index is 0.125. The fourth-order valence-corrected chi connectivity index (χ4v) is 5.15. The van der Waals surface area contributed by atoms with Gasteiger partial charge in [-0.15, -0.1) is 21.5 Å². The van der Waals surface area contributed by atoms with Crippen LogP contribution in [0.3, 0.4) is 0 Å². The van der Waals surface area contributed by atoms with Crippen LogP contribution in [0.5, 0.6) is 5.75 Å². The van der Waals surface area contributed by atoms with Gasteiger partial charge in [0.2, 0.25) is 11.0 Å². The fourth-order valence-electron chi connectivity index (χ4n) is 2.85. The number of anilines is 2. The molecule has 0 bridgehead atoms. The van der Waals surface area contributed by atoms with Crippen molar-refractivity contribution in [3.05, 3.63) is 29.6 Å². The molecule has 0 aliphatic carbocycles. The summed E-state index contributed by atoms with van der Waals surface area (Å²) in [7, 11) is 1.63. The zero-order valence-electron chi connectivity index (χ0n) is 16.3. The Bertz CT molecular complexity index is 970. The number of methoxy groups -OCH3 is 1. The van der Waals surface area contributed by atoms with E-state index in [2.05, 4.69) is 25.8 Å². The number of rotatable bonds is 9. The van der Waals surface area contributed by atoms with Crippen molar-refractivity contribution < 1.29 is 14.3 Å². The number of ether oxygens (including phenoxy) is 2. The molecule has 2 aromatic heterocycles. The third kappa shape index (κ3) is 5.69. The molecule has 1 aliphatic heterocycles. The maximum Gasteiger partial charge on any atom is 0.236 e. The highest BCUT2D eigenvalue weighted by Gasteiger charge is 2.16. The van der Waals surface area contributed by atoms with Crippen LogP contribution in [-0.4, -0.2) is 53.2 Å². The molecule has 0 spiro atoms. The molecule has 1 aliphatic rings. The maximum absolute atomic E-state index is 12.3. The molecule has 2 N–H and O–H groups in total. The molecule has 1 saturated heterocycles. The predicted molar refractivity (Wildman–Crippen MR) is 121 cm³/mol. The van der Waals surface area contributed by atoms with Gasteiger partial charge in [0.25, 0.3) is 0 Å². The van der Waals surface area contributed by atoms with Crippen molar-refractivity contribution in [1.29, 1.82) is 0 Å². The van der Waals surface area contributed by atoms with Gasteiger partial charge >= 0.3 is 0 Å². The second kappa shape index (κ2) is 10.2. The minimum atomic E-state index is -0.125. The third-order valence-electron chi connectivity index (χ3n) is 4.37.